The van der Waals surface area contributed by atoms with Crippen LogP contribution in [0.1, 0.15) is 28.7 Å². The molecule has 0 saturated carbocycles. The lowest BCUT2D eigenvalue weighted by Gasteiger charge is -2.40. The Morgan fingerprint density at radius 1 is 1.50 bits per heavy atom. The van der Waals surface area contributed by atoms with E-state index in [4.69, 9.17) is 4.74 Å². The third-order valence-corrected chi connectivity index (χ3v) is 5.03. The van der Waals surface area contributed by atoms with Crippen molar-refractivity contribution in [3.63, 3.8) is 0 Å². The highest BCUT2D eigenvalue weighted by Crippen LogP contribution is 2.30. The van der Waals surface area contributed by atoms with Gasteiger partial charge in [0.1, 0.15) is 0 Å². The zero-order valence-corrected chi connectivity index (χ0v) is 12.2. The maximum atomic E-state index is 5.93. The molecule has 2 aromatic heterocycles. The molecule has 106 valence electrons. The third kappa shape index (κ3) is 2.06. The number of piperidine rings is 1. The highest BCUT2D eigenvalue weighted by Gasteiger charge is 2.36. The second kappa shape index (κ2) is 4.91. The first-order valence-corrected chi connectivity index (χ1v) is 7.81. The predicted octanol–water partition coefficient (Wildman–Crippen LogP) is 1.39. The molecule has 2 aliphatic rings. The van der Waals surface area contributed by atoms with Gasteiger partial charge in [-0.05, 0) is 13.3 Å². The first kappa shape index (κ1) is 12.4. The van der Waals surface area contributed by atoms with Gasteiger partial charge in [0.25, 0.3) is 0 Å². The number of rotatable bonds is 2. The minimum atomic E-state index is 0.275. The van der Waals surface area contributed by atoms with E-state index in [1.54, 1.807) is 17.5 Å². The molecule has 0 spiro atoms. The van der Waals surface area contributed by atoms with Crippen molar-refractivity contribution in [3.8, 4) is 0 Å². The molecule has 0 aromatic carbocycles. The third-order valence-electron chi connectivity index (χ3n) is 4.23. The normalized spacial score (nSPS) is 26.2. The molecular formula is C13H17N5OS. The lowest BCUT2D eigenvalue weighted by atomic mass is 10.0. The minimum Gasteiger partial charge on any atom is -0.370 e. The lowest BCUT2D eigenvalue weighted by Crippen LogP contribution is -2.47. The van der Waals surface area contributed by atoms with Gasteiger partial charge in [-0.3, -0.25) is 4.90 Å². The monoisotopic (exact) mass is 291 g/mol. The van der Waals surface area contributed by atoms with Gasteiger partial charge in [-0.1, -0.05) is 5.21 Å². The Kier molecular flexibility index (Phi) is 3.05. The minimum absolute atomic E-state index is 0.275. The topological polar surface area (TPSA) is 56.1 Å². The van der Waals surface area contributed by atoms with Crippen LogP contribution in [-0.4, -0.2) is 44.1 Å². The Balaban J connectivity index is 1.52. The molecule has 2 aliphatic heterocycles. The summed E-state index contributed by atoms with van der Waals surface area (Å²) in [5, 5.41) is 8.25. The molecule has 1 fully saturated rings. The Morgan fingerprint density at radius 2 is 2.45 bits per heavy atom. The van der Waals surface area contributed by atoms with Crippen molar-refractivity contribution in [2.75, 3.05) is 13.1 Å². The molecule has 0 bridgehead atoms. The summed E-state index contributed by atoms with van der Waals surface area (Å²) in [6.45, 7) is 5.71. The number of hydrogen-bond donors (Lipinski definition) is 0. The van der Waals surface area contributed by atoms with E-state index in [0.717, 1.165) is 31.7 Å². The second-order valence-electron chi connectivity index (χ2n) is 5.47. The number of likely N-dealkylation sites (tertiary alicyclic amines) is 1. The van der Waals surface area contributed by atoms with E-state index in [1.807, 2.05) is 10.2 Å². The molecule has 0 unspecified atom stereocenters. The van der Waals surface area contributed by atoms with Gasteiger partial charge in [-0.2, -0.15) is 0 Å². The zero-order valence-electron chi connectivity index (χ0n) is 11.4. The summed E-state index contributed by atoms with van der Waals surface area (Å²) in [5.41, 5.74) is 4.21. The van der Waals surface area contributed by atoms with Crippen molar-refractivity contribution in [1.29, 1.82) is 0 Å². The van der Waals surface area contributed by atoms with Crippen molar-refractivity contribution in [2.24, 2.45) is 0 Å². The van der Waals surface area contributed by atoms with Crippen molar-refractivity contribution in [3.05, 3.63) is 28.0 Å². The molecule has 7 heteroatoms. The molecule has 0 amide bonds. The van der Waals surface area contributed by atoms with Crippen LogP contribution in [0.15, 0.2) is 11.7 Å². The molecular weight excluding hydrogens is 274 g/mol. The zero-order chi connectivity index (χ0) is 13.5. The smallest absolute Gasteiger partial charge is 0.0930 e. The molecule has 20 heavy (non-hydrogen) atoms. The van der Waals surface area contributed by atoms with Gasteiger partial charge in [0.05, 0.1) is 41.8 Å². The van der Waals surface area contributed by atoms with Gasteiger partial charge in [-0.25, -0.2) is 9.67 Å². The number of thiazole rings is 1. The van der Waals surface area contributed by atoms with E-state index >= 15 is 0 Å². The predicted molar refractivity (Wildman–Crippen MR) is 74.4 cm³/mol. The molecule has 0 N–H and O–H groups in total. The maximum Gasteiger partial charge on any atom is 0.0930 e. The van der Waals surface area contributed by atoms with Crippen LogP contribution < -0.4 is 0 Å². The Bertz CT molecular complexity index is 609. The van der Waals surface area contributed by atoms with Gasteiger partial charge >= 0.3 is 0 Å². The summed E-state index contributed by atoms with van der Waals surface area (Å²) >= 11 is 1.72. The Morgan fingerprint density at radius 3 is 3.30 bits per heavy atom. The van der Waals surface area contributed by atoms with E-state index in [0.29, 0.717) is 6.61 Å². The summed E-state index contributed by atoms with van der Waals surface area (Å²) in [7, 11) is 0. The fourth-order valence-electron chi connectivity index (χ4n) is 3.08. The lowest BCUT2D eigenvalue weighted by molar-refractivity contribution is -0.0671. The van der Waals surface area contributed by atoms with Gasteiger partial charge < -0.3 is 4.74 Å². The quantitative estimate of drug-likeness (QED) is 0.837. The fraction of sp³-hybridized carbons (Fsp3) is 0.615. The van der Waals surface area contributed by atoms with Crippen molar-refractivity contribution in [2.45, 2.75) is 38.6 Å². The van der Waals surface area contributed by atoms with E-state index < -0.39 is 0 Å². The highest BCUT2D eigenvalue weighted by atomic mass is 32.1. The standard InChI is InChI=1S/C13H17N5OS/c1-9-11(14-8-20-9)5-17-3-2-13-12(6-17)18-10(7-19-13)4-15-16-18/h4,8,12-13H,2-3,5-7H2,1H3/t12-,13-/m0/s1. The molecule has 1 saturated heterocycles. The molecule has 0 aliphatic carbocycles. The van der Waals surface area contributed by atoms with Crippen molar-refractivity contribution in [1.82, 2.24) is 24.9 Å². The maximum absolute atomic E-state index is 5.93. The molecule has 4 rings (SSSR count). The first-order valence-electron chi connectivity index (χ1n) is 6.93. The van der Waals surface area contributed by atoms with E-state index in [1.165, 1.54) is 10.6 Å². The van der Waals surface area contributed by atoms with Crippen LogP contribution in [0.2, 0.25) is 0 Å². The fourth-order valence-corrected chi connectivity index (χ4v) is 3.67. The van der Waals surface area contributed by atoms with Crippen LogP contribution in [0.5, 0.6) is 0 Å². The summed E-state index contributed by atoms with van der Waals surface area (Å²) < 4.78 is 7.98. The van der Waals surface area contributed by atoms with E-state index in [-0.39, 0.29) is 12.1 Å². The Hall–Kier alpha value is -1.31. The Labute approximate surface area is 121 Å². The highest BCUT2D eigenvalue weighted by molar-refractivity contribution is 7.09. The van der Waals surface area contributed by atoms with Crippen molar-refractivity contribution >= 4 is 11.3 Å². The average Bonchev–Trinajstić information content (AvgIpc) is 3.08. The van der Waals surface area contributed by atoms with Crippen LogP contribution in [0.3, 0.4) is 0 Å². The van der Waals surface area contributed by atoms with Crippen LogP contribution in [0.25, 0.3) is 0 Å². The SMILES string of the molecule is Cc1scnc1CN1CC[C@@H]2OCc3cnnn3[C@H]2C1. The van der Waals surface area contributed by atoms with Gasteiger partial charge in [0, 0.05) is 24.5 Å². The van der Waals surface area contributed by atoms with E-state index in [9.17, 15) is 0 Å². The van der Waals surface area contributed by atoms with Gasteiger partial charge in [0.2, 0.25) is 0 Å². The number of hydrogen-bond acceptors (Lipinski definition) is 6. The van der Waals surface area contributed by atoms with Gasteiger partial charge in [-0.15, -0.1) is 16.4 Å². The number of fused-ring (bicyclic) bond motifs is 3. The first-order chi connectivity index (χ1) is 9.81. The van der Waals surface area contributed by atoms with Gasteiger partial charge in [0.15, 0.2) is 0 Å². The number of ether oxygens (including phenoxy) is 1. The van der Waals surface area contributed by atoms with Crippen molar-refractivity contribution < 1.29 is 4.74 Å². The second-order valence-corrected chi connectivity index (χ2v) is 6.52. The number of nitrogens with zero attached hydrogens (tertiary/aromatic N) is 5. The largest absolute Gasteiger partial charge is 0.370 e. The number of aryl methyl sites for hydroxylation is 1. The molecule has 6 nitrogen and oxygen atoms in total. The van der Waals surface area contributed by atoms with Crippen LogP contribution in [0.4, 0.5) is 0 Å². The molecule has 2 aromatic rings. The molecule has 0 radical (unpaired) electrons. The van der Waals surface area contributed by atoms with Crippen LogP contribution >= 0.6 is 11.3 Å². The van der Waals surface area contributed by atoms with E-state index in [2.05, 4.69) is 27.1 Å². The summed E-state index contributed by atoms with van der Waals surface area (Å²) in [6.07, 6.45) is 3.13. The van der Waals surface area contributed by atoms with Crippen LogP contribution in [-0.2, 0) is 17.9 Å². The molecule has 4 heterocycles. The summed E-state index contributed by atoms with van der Waals surface area (Å²) in [5.74, 6) is 0. The number of aromatic nitrogens is 4. The molecule has 2 atom stereocenters. The summed E-state index contributed by atoms with van der Waals surface area (Å²) in [4.78, 5) is 8.22. The average molecular weight is 291 g/mol. The van der Waals surface area contributed by atoms with Crippen LogP contribution in [0, 0.1) is 6.92 Å². The summed E-state index contributed by atoms with van der Waals surface area (Å²) in [6, 6.07) is 0.286.